The predicted molar refractivity (Wildman–Crippen MR) is 116 cm³/mol. The van der Waals surface area contributed by atoms with Crippen LogP contribution in [0.2, 0.25) is 0 Å². The molecule has 0 N–H and O–H groups in total. The van der Waals surface area contributed by atoms with Gasteiger partial charge >= 0.3 is 0 Å². The van der Waals surface area contributed by atoms with Gasteiger partial charge in [-0.2, -0.15) is 0 Å². The predicted octanol–water partition coefficient (Wildman–Crippen LogP) is 3.64. The van der Waals surface area contributed by atoms with Crippen molar-refractivity contribution in [1.29, 1.82) is 0 Å². The Morgan fingerprint density at radius 1 is 0.767 bits per heavy atom. The van der Waals surface area contributed by atoms with Crippen molar-refractivity contribution in [2.45, 2.75) is 24.3 Å². The second kappa shape index (κ2) is 7.29. The summed E-state index contributed by atoms with van der Waals surface area (Å²) in [6.07, 6.45) is 1.46. The summed E-state index contributed by atoms with van der Waals surface area (Å²) >= 11 is 0. The molecule has 1 amide bonds. The van der Waals surface area contributed by atoms with Gasteiger partial charge < -0.3 is 4.90 Å². The number of hydrogen-bond acceptors (Lipinski definition) is 3. The fourth-order valence-corrected chi connectivity index (χ4v) is 5.85. The van der Waals surface area contributed by atoms with Crippen LogP contribution in [0, 0.1) is 0 Å². The summed E-state index contributed by atoms with van der Waals surface area (Å²) in [6, 6.07) is 22.1. The van der Waals surface area contributed by atoms with Crippen molar-refractivity contribution >= 4 is 21.6 Å². The molecule has 0 radical (unpaired) electrons. The Bertz CT molecular complexity index is 1220. The van der Waals surface area contributed by atoms with E-state index in [0.717, 1.165) is 12.0 Å². The molecule has 0 aliphatic carbocycles. The van der Waals surface area contributed by atoms with Gasteiger partial charge in [-0.25, -0.2) is 8.42 Å². The maximum absolute atomic E-state index is 13.1. The molecule has 0 atom stereocenters. The minimum absolute atomic E-state index is 0.00308. The van der Waals surface area contributed by atoms with E-state index in [1.54, 1.807) is 42.5 Å². The highest BCUT2D eigenvalue weighted by Crippen LogP contribution is 2.34. The number of nitrogens with zero attached hydrogens (tertiary/aromatic N) is 2. The van der Waals surface area contributed by atoms with Crippen LogP contribution in [0.3, 0.4) is 0 Å². The molecule has 0 aromatic heterocycles. The van der Waals surface area contributed by atoms with Crippen LogP contribution in [-0.2, 0) is 29.4 Å². The number of carbonyl (C=O) groups excluding carboxylic acids is 1. The molecule has 152 valence electrons. The van der Waals surface area contributed by atoms with Crippen molar-refractivity contribution < 1.29 is 13.2 Å². The minimum Gasteiger partial charge on any atom is -0.334 e. The van der Waals surface area contributed by atoms with Crippen molar-refractivity contribution in [2.75, 3.05) is 17.4 Å². The summed E-state index contributed by atoms with van der Waals surface area (Å²) in [5.41, 5.74) is 4.68. The number of benzene rings is 3. The van der Waals surface area contributed by atoms with Crippen LogP contribution >= 0.6 is 0 Å². The largest absolute Gasteiger partial charge is 0.334 e. The zero-order chi connectivity index (χ0) is 20.7. The molecule has 5 nitrogen and oxygen atoms in total. The lowest BCUT2D eigenvalue weighted by molar-refractivity contribution is 0.0734. The molecular weight excluding hydrogens is 396 g/mol. The van der Waals surface area contributed by atoms with Crippen LogP contribution < -0.4 is 4.31 Å². The van der Waals surface area contributed by atoms with E-state index in [-0.39, 0.29) is 10.8 Å². The van der Waals surface area contributed by atoms with Gasteiger partial charge in [0.05, 0.1) is 10.6 Å². The summed E-state index contributed by atoms with van der Waals surface area (Å²) in [5.74, 6) is -0.00308. The van der Waals surface area contributed by atoms with Crippen molar-refractivity contribution in [3.8, 4) is 0 Å². The van der Waals surface area contributed by atoms with E-state index in [1.807, 2.05) is 23.1 Å². The van der Waals surface area contributed by atoms with Crippen LogP contribution in [0.15, 0.2) is 77.7 Å². The lowest BCUT2D eigenvalue weighted by atomic mass is 9.99. The third-order valence-electron chi connectivity index (χ3n) is 5.93. The molecular formula is C24H22N2O3S. The Morgan fingerprint density at radius 2 is 1.47 bits per heavy atom. The molecule has 0 fully saturated rings. The first-order valence-electron chi connectivity index (χ1n) is 10.1. The Morgan fingerprint density at radius 3 is 2.27 bits per heavy atom. The normalized spacial score (nSPS) is 15.6. The first kappa shape index (κ1) is 18.9. The van der Waals surface area contributed by atoms with Gasteiger partial charge in [-0.1, -0.05) is 42.5 Å². The highest BCUT2D eigenvalue weighted by Gasteiger charge is 2.31. The summed E-state index contributed by atoms with van der Waals surface area (Å²) in [5, 5.41) is 0. The van der Waals surface area contributed by atoms with E-state index in [9.17, 15) is 13.2 Å². The third-order valence-corrected chi connectivity index (χ3v) is 7.76. The molecule has 3 aromatic rings. The summed E-state index contributed by atoms with van der Waals surface area (Å²) in [4.78, 5) is 15.3. The summed E-state index contributed by atoms with van der Waals surface area (Å²) < 4.78 is 27.5. The van der Waals surface area contributed by atoms with Crippen molar-refractivity contribution in [2.24, 2.45) is 0 Å². The number of anilines is 1. The molecule has 0 saturated heterocycles. The van der Waals surface area contributed by atoms with Crippen molar-refractivity contribution in [3.05, 3.63) is 95.1 Å². The number of sulfonamides is 1. The standard InChI is InChI=1S/C24H22N2O3S/c27-24(25-14-12-18-6-4-5-7-21(18)17-25)20-10-11-23-19(16-20)13-15-26(23)30(28,29)22-8-2-1-3-9-22/h1-11,16H,12-15,17H2. The zero-order valence-corrected chi connectivity index (χ0v) is 17.3. The monoisotopic (exact) mass is 418 g/mol. The van der Waals surface area contributed by atoms with Gasteiger partial charge in [-0.15, -0.1) is 0 Å². The van der Waals surface area contributed by atoms with Crippen LogP contribution in [0.25, 0.3) is 0 Å². The maximum atomic E-state index is 13.1. The van der Waals surface area contributed by atoms with Crippen molar-refractivity contribution in [1.82, 2.24) is 4.90 Å². The second-order valence-electron chi connectivity index (χ2n) is 7.73. The minimum atomic E-state index is -3.60. The summed E-state index contributed by atoms with van der Waals surface area (Å²) in [7, 11) is -3.60. The highest BCUT2D eigenvalue weighted by atomic mass is 32.2. The van der Waals surface area contributed by atoms with Gasteiger partial charge in [0.2, 0.25) is 0 Å². The van der Waals surface area contributed by atoms with Gasteiger partial charge in [-0.05, 0) is 59.9 Å². The number of rotatable bonds is 3. The molecule has 0 bridgehead atoms. The summed E-state index contributed by atoms with van der Waals surface area (Å²) in [6.45, 7) is 1.70. The quantitative estimate of drug-likeness (QED) is 0.653. The average molecular weight is 419 g/mol. The smallest absolute Gasteiger partial charge is 0.264 e. The van der Waals surface area contributed by atoms with E-state index in [0.29, 0.717) is 37.3 Å². The van der Waals surface area contributed by atoms with E-state index < -0.39 is 10.0 Å². The number of fused-ring (bicyclic) bond motifs is 2. The first-order chi connectivity index (χ1) is 14.5. The lowest BCUT2D eigenvalue weighted by Crippen LogP contribution is -2.36. The van der Waals surface area contributed by atoms with Gasteiger partial charge in [0.25, 0.3) is 15.9 Å². The average Bonchev–Trinajstić information content (AvgIpc) is 3.23. The second-order valence-corrected chi connectivity index (χ2v) is 9.59. The van der Waals surface area contributed by atoms with E-state index in [1.165, 1.54) is 15.4 Å². The van der Waals surface area contributed by atoms with Crippen LogP contribution in [0.4, 0.5) is 5.69 Å². The van der Waals surface area contributed by atoms with Crippen molar-refractivity contribution in [3.63, 3.8) is 0 Å². The topological polar surface area (TPSA) is 57.7 Å². The third kappa shape index (κ3) is 3.17. The zero-order valence-electron chi connectivity index (χ0n) is 16.5. The molecule has 5 rings (SSSR count). The fourth-order valence-electron chi connectivity index (χ4n) is 4.33. The maximum Gasteiger partial charge on any atom is 0.264 e. The van der Waals surface area contributed by atoms with Gasteiger partial charge in [0.15, 0.2) is 0 Å². The number of amides is 1. The fraction of sp³-hybridized carbons (Fsp3) is 0.208. The van der Waals surface area contributed by atoms with Crippen LogP contribution in [0.1, 0.15) is 27.0 Å². The van der Waals surface area contributed by atoms with Crippen LogP contribution in [0.5, 0.6) is 0 Å². The molecule has 0 spiro atoms. The van der Waals surface area contributed by atoms with E-state index in [4.69, 9.17) is 0 Å². The number of hydrogen-bond donors (Lipinski definition) is 0. The first-order valence-corrected chi connectivity index (χ1v) is 11.5. The molecule has 2 aliphatic heterocycles. The van der Waals surface area contributed by atoms with E-state index in [2.05, 4.69) is 12.1 Å². The molecule has 0 unspecified atom stereocenters. The van der Waals surface area contributed by atoms with Gasteiger partial charge in [-0.3, -0.25) is 9.10 Å². The van der Waals surface area contributed by atoms with E-state index >= 15 is 0 Å². The Balaban J connectivity index is 1.40. The SMILES string of the molecule is O=C(c1ccc2c(c1)CCN2S(=O)(=O)c1ccccc1)N1CCc2ccccc2C1. The molecule has 6 heteroatoms. The van der Waals surface area contributed by atoms with Crippen LogP contribution in [-0.4, -0.2) is 32.3 Å². The van der Waals surface area contributed by atoms with Gasteiger partial charge in [0, 0.05) is 25.2 Å². The molecule has 0 saturated carbocycles. The molecule has 3 aromatic carbocycles. The molecule has 2 aliphatic rings. The molecule has 2 heterocycles. The van der Waals surface area contributed by atoms with Gasteiger partial charge in [0.1, 0.15) is 0 Å². The lowest BCUT2D eigenvalue weighted by Gasteiger charge is -2.29. The Labute approximate surface area is 176 Å². The Hall–Kier alpha value is -3.12. The Kier molecular flexibility index (Phi) is 4.59. The molecule has 30 heavy (non-hydrogen) atoms. The number of carbonyl (C=O) groups is 1. The highest BCUT2D eigenvalue weighted by molar-refractivity contribution is 7.92.